The van der Waals surface area contributed by atoms with Crippen molar-refractivity contribution in [1.82, 2.24) is 0 Å². The second-order valence-corrected chi connectivity index (χ2v) is 5.01. The van der Waals surface area contributed by atoms with E-state index in [-0.39, 0.29) is 6.04 Å². The fourth-order valence-electron chi connectivity index (χ4n) is 2.57. The first-order valence-electron chi connectivity index (χ1n) is 6.94. The maximum absolute atomic E-state index is 9.16. The van der Waals surface area contributed by atoms with Crippen LogP contribution in [-0.2, 0) is 0 Å². The molecule has 0 aliphatic heterocycles. The van der Waals surface area contributed by atoms with Gasteiger partial charge < -0.3 is 0 Å². The summed E-state index contributed by atoms with van der Waals surface area (Å²) in [6, 6.07) is 20.6. The number of benzene rings is 2. The van der Waals surface area contributed by atoms with Gasteiger partial charge in [-0.25, -0.2) is 4.98 Å². The molecular weight excluding hydrogens is 258 g/mol. The molecule has 0 saturated heterocycles. The van der Waals surface area contributed by atoms with Gasteiger partial charge in [0.2, 0.25) is 0 Å². The summed E-state index contributed by atoms with van der Waals surface area (Å²) in [7, 11) is 0. The summed E-state index contributed by atoms with van der Waals surface area (Å²) >= 11 is 0. The summed E-state index contributed by atoms with van der Waals surface area (Å²) in [5.74, 6) is 0.750. The Morgan fingerprint density at radius 3 is 2.71 bits per heavy atom. The fraction of sp³-hybridized carbons (Fsp3) is 0.111. The van der Waals surface area contributed by atoms with Gasteiger partial charge in [0.25, 0.3) is 5.82 Å². The first kappa shape index (κ1) is 13.1. The maximum Gasteiger partial charge on any atom is 0.290 e. The molecule has 1 heterocycles. The quantitative estimate of drug-likeness (QED) is 0.791. The summed E-state index contributed by atoms with van der Waals surface area (Å²) in [4.78, 5) is 3.10. The lowest BCUT2D eigenvalue weighted by Gasteiger charge is -2.12. The van der Waals surface area contributed by atoms with E-state index in [1.807, 2.05) is 24.4 Å². The van der Waals surface area contributed by atoms with Gasteiger partial charge in [-0.05, 0) is 29.8 Å². The average Bonchev–Trinajstić information content (AvgIpc) is 2.54. The van der Waals surface area contributed by atoms with Gasteiger partial charge in [0.05, 0.1) is 6.20 Å². The van der Waals surface area contributed by atoms with Crippen molar-refractivity contribution >= 4 is 16.6 Å². The van der Waals surface area contributed by atoms with Crippen LogP contribution in [-0.4, -0.2) is 0 Å². The zero-order chi connectivity index (χ0) is 14.7. The molecule has 2 aromatic carbocycles. The van der Waals surface area contributed by atoms with Crippen LogP contribution >= 0.6 is 0 Å². The van der Waals surface area contributed by atoms with Crippen molar-refractivity contribution in [3.8, 4) is 6.07 Å². The lowest BCUT2D eigenvalue weighted by atomic mass is 9.99. The molecule has 0 aliphatic rings. The van der Waals surface area contributed by atoms with E-state index in [4.69, 9.17) is 5.26 Å². The van der Waals surface area contributed by atoms with Crippen molar-refractivity contribution in [1.29, 1.82) is 5.26 Å². The van der Waals surface area contributed by atoms with Crippen molar-refractivity contribution in [2.45, 2.75) is 13.0 Å². The molecule has 0 fully saturated rings. The molecule has 102 valence electrons. The van der Waals surface area contributed by atoms with Gasteiger partial charge in [-0.1, -0.05) is 42.5 Å². The molecule has 3 heteroatoms. The van der Waals surface area contributed by atoms with Crippen LogP contribution in [0.2, 0.25) is 0 Å². The molecule has 3 aromatic rings. The molecule has 1 aromatic heterocycles. The van der Waals surface area contributed by atoms with Gasteiger partial charge >= 0.3 is 0 Å². The number of pyridine rings is 1. The Morgan fingerprint density at radius 2 is 1.86 bits per heavy atom. The zero-order valence-electron chi connectivity index (χ0n) is 11.8. The van der Waals surface area contributed by atoms with Crippen molar-refractivity contribution in [2.75, 3.05) is 5.32 Å². The number of aromatic nitrogens is 1. The number of fused-ring (bicyclic) bond motifs is 1. The molecule has 0 spiro atoms. The highest BCUT2D eigenvalue weighted by molar-refractivity contribution is 5.86. The minimum Gasteiger partial charge on any atom is -0.267 e. The third kappa shape index (κ3) is 2.56. The molecule has 2 N–H and O–H groups in total. The third-order valence-corrected chi connectivity index (χ3v) is 3.63. The van der Waals surface area contributed by atoms with Crippen LogP contribution in [0.5, 0.6) is 0 Å². The Balaban J connectivity index is 1.98. The number of nitrogens with one attached hydrogen (secondary N) is 2. The van der Waals surface area contributed by atoms with Crippen molar-refractivity contribution in [3.63, 3.8) is 0 Å². The number of aromatic amines is 1. The number of hydrogen-bond acceptors (Lipinski definition) is 2. The Morgan fingerprint density at radius 1 is 1.05 bits per heavy atom. The summed E-state index contributed by atoms with van der Waals surface area (Å²) in [6.45, 7) is 2.10. The van der Waals surface area contributed by atoms with Gasteiger partial charge in [-0.15, -0.1) is 0 Å². The number of rotatable bonds is 3. The standard InChI is InChI=1S/C18H15N3/c1-13(21-18-15(12-19)8-5-11-20-18)16-10-4-7-14-6-2-3-9-17(14)16/h2-11,13H,1H3,(H,20,21)/p+1/t13-/m1/s1. The van der Waals surface area contributed by atoms with Gasteiger partial charge in [0.15, 0.2) is 0 Å². The number of hydrogen-bond donors (Lipinski definition) is 1. The monoisotopic (exact) mass is 274 g/mol. The van der Waals surface area contributed by atoms with Crippen LogP contribution < -0.4 is 10.3 Å². The van der Waals surface area contributed by atoms with E-state index >= 15 is 0 Å². The van der Waals surface area contributed by atoms with Crippen molar-refractivity contribution in [3.05, 3.63) is 71.9 Å². The normalized spacial score (nSPS) is 11.8. The largest absolute Gasteiger partial charge is 0.290 e. The lowest BCUT2D eigenvalue weighted by molar-refractivity contribution is -0.361. The highest BCUT2D eigenvalue weighted by Gasteiger charge is 2.16. The number of anilines is 1. The molecule has 0 bridgehead atoms. The van der Waals surface area contributed by atoms with E-state index in [0.717, 1.165) is 5.82 Å². The fourth-order valence-corrected chi connectivity index (χ4v) is 2.57. The van der Waals surface area contributed by atoms with Crippen molar-refractivity contribution < 1.29 is 4.98 Å². The van der Waals surface area contributed by atoms with Crippen LogP contribution in [0.4, 0.5) is 5.82 Å². The van der Waals surface area contributed by atoms with E-state index in [1.54, 1.807) is 6.07 Å². The molecule has 0 unspecified atom stereocenters. The third-order valence-electron chi connectivity index (χ3n) is 3.63. The van der Waals surface area contributed by atoms with Gasteiger partial charge in [0, 0.05) is 5.56 Å². The smallest absolute Gasteiger partial charge is 0.267 e. The summed E-state index contributed by atoms with van der Waals surface area (Å²) in [5.41, 5.74) is 1.83. The lowest BCUT2D eigenvalue weighted by Crippen LogP contribution is -2.17. The zero-order valence-corrected chi connectivity index (χ0v) is 11.8. The van der Waals surface area contributed by atoms with Crippen LogP contribution in [0.3, 0.4) is 0 Å². The summed E-state index contributed by atoms with van der Waals surface area (Å²) < 4.78 is 0. The van der Waals surface area contributed by atoms with E-state index < -0.39 is 0 Å². The second kappa shape index (κ2) is 5.64. The van der Waals surface area contributed by atoms with Crippen molar-refractivity contribution in [2.24, 2.45) is 0 Å². The van der Waals surface area contributed by atoms with Crippen LogP contribution in [0.25, 0.3) is 10.8 Å². The molecule has 1 atom stereocenters. The first-order chi connectivity index (χ1) is 10.3. The van der Waals surface area contributed by atoms with Gasteiger partial charge in [-0.3, -0.25) is 5.32 Å². The van der Waals surface area contributed by atoms with Crippen LogP contribution in [0.1, 0.15) is 24.1 Å². The SMILES string of the molecule is C[C@@H](Nc1[nH+]cccc1C#N)c1cccc2ccccc12. The number of nitriles is 1. The maximum atomic E-state index is 9.16. The minimum atomic E-state index is 0.0989. The molecule has 3 rings (SSSR count). The second-order valence-electron chi connectivity index (χ2n) is 5.01. The molecule has 0 radical (unpaired) electrons. The van der Waals surface area contributed by atoms with E-state index in [9.17, 15) is 0 Å². The van der Waals surface area contributed by atoms with Gasteiger partial charge in [-0.2, -0.15) is 5.26 Å². The predicted octanol–water partition coefficient (Wildman–Crippen LogP) is 3.70. The Kier molecular flexibility index (Phi) is 3.53. The Bertz CT molecular complexity index is 813. The molecule has 0 aliphatic carbocycles. The van der Waals surface area contributed by atoms with Crippen LogP contribution in [0.15, 0.2) is 60.8 Å². The Labute approximate surface area is 123 Å². The molecule has 3 nitrogen and oxygen atoms in total. The van der Waals surface area contributed by atoms with E-state index in [2.05, 4.69) is 53.6 Å². The highest BCUT2D eigenvalue weighted by Crippen LogP contribution is 2.26. The highest BCUT2D eigenvalue weighted by atomic mass is 15.0. The first-order valence-corrected chi connectivity index (χ1v) is 6.94. The van der Waals surface area contributed by atoms with Gasteiger partial charge in [0.1, 0.15) is 17.7 Å². The molecule has 0 amide bonds. The summed E-state index contributed by atoms with van der Waals surface area (Å²) in [5, 5.41) is 15.0. The minimum absolute atomic E-state index is 0.0989. The Hall–Kier alpha value is -2.86. The summed E-state index contributed by atoms with van der Waals surface area (Å²) in [6.07, 6.45) is 1.82. The topological polar surface area (TPSA) is 50.0 Å². The predicted molar refractivity (Wildman–Crippen MR) is 83.7 cm³/mol. The molecule has 0 saturated carbocycles. The van der Waals surface area contributed by atoms with E-state index in [1.165, 1.54) is 16.3 Å². The molecule has 21 heavy (non-hydrogen) atoms. The molecular formula is C18H16N3+. The number of H-pyrrole nitrogens is 1. The van der Waals surface area contributed by atoms with E-state index in [0.29, 0.717) is 5.56 Å². The number of nitrogens with zero attached hydrogens (tertiary/aromatic N) is 1. The average molecular weight is 274 g/mol. The van der Waals surface area contributed by atoms with Crippen LogP contribution in [0, 0.1) is 11.3 Å².